The minimum atomic E-state index is 0.234. The molecular formula is C21H19N3O. The summed E-state index contributed by atoms with van der Waals surface area (Å²) >= 11 is 0. The number of pyridine rings is 1. The van der Waals surface area contributed by atoms with Gasteiger partial charge < -0.3 is 10.5 Å². The second-order valence-electron chi connectivity index (χ2n) is 5.98. The second-order valence-corrected chi connectivity index (χ2v) is 5.98. The predicted molar refractivity (Wildman–Crippen MR) is 100 cm³/mol. The largest absolute Gasteiger partial charge is 0.497 e. The zero-order valence-corrected chi connectivity index (χ0v) is 14.5. The molecule has 25 heavy (non-hydrogen) atoms. The summed E-state index contributed by atoms with van der Waals surface area (Å²) in [6, 6.07) is 17.9. The molecule has 0 radical (unpaired) electrons. The number of aromatic nitrogens is 1. The number of nitrogens with two attached hydrogens (primary N) is 1. The molecule has 0 bridgehead atoms. The number of benzene rings is 2. The van der Waals surface area contributed by atoms with E-state index in [1.807, 2.05) is 56.3 Å². The first kappa shape index (κ1) is 16.5. The monoisotopic (exact) mass is 329 g/mol. The van der Waals surface area contributed by atoms with Gasteiger partial charge >= 0.3 is 0 Å². The number of hydrogen-bond acceptors (Lipinski definition) is 4. The predicted octanol–water partition coefficient (Wildman–Crippen LogP) is 4.49. The SMILES string of the molecule is COc1cccc(-c2cc(-c3ccc(C)cc3C)c(C#N)c(N)n2)c1. The van der Waals surface area contributed by atoms with Crippen LogP contribution in [0.4, 0.5) is 5.82 Å². The van der Waals surface area contributed by atoms with Crippen molar-refractivity contribution in [2.75, 3.05) is 12.8 Å². The van der Waals surface area contributed by atoms with E-state index in [-0.39, 0.29) is 5.82 Å². The van der Waals surface area contributed by atoms with Gasteiger partial charge in [0.1, 0.15) is 23.2 Å². The van der Waals surface area contributed by atoms with Gasteiger partial charge in [-0.05, 0) is 43.2 Å². The molecule has 0 aliphatic heterocycles. The van der Waals surface area contributed by atoms with Gasteiger partial charge in [-0.15, -0.1) is 0 Å². The molecule has 0 amide bonds. The molecule has 1 aromatic heterocycles. The molecule has 0 unspecified atom stereocenters. The maximum atomic E-state index is 9.56. The number of nitriles is 1. The zero-order chi connectivity index (χ0) is 18.0. The smallest absolute Gasteiger partial charge is 0.142 e. The van der Waals surface area contributed by atoms with Crippen molar-refractivity contribution in [2.24, 2.45) is 0 Å². The lowest BCUT2D eigenvalue weighted by Crippen LogP contribution is -2.00. The molecular weight excluding hydrogens is 310 g/mol. The first-order chi connectivity index (χ1) is 12.0. The highest BCUT2D eigenvalue weighted by Crippen LogP contribution is 2.34. The van der Waals surface area contributed by atoms with Gasteiger partial charge in [0.2, 0.25) is 0 Å². The number of methoxy groups -OCH3 is 1. The number of rotatable bonds is 3. The number of aryl methyl sites for hydroxylation is 2. The molecule has 3 aromatic rings. The van der Waals surface area contributed by atoms with Crippen LogP contribution in [0.25, 0.3) is 22.4 Å². The van der Waals surface area contributed by atoms with E-state index in [9.17, 15) is 5.26 Å². The van der Waals surface area contributed by atoms with Crippen molar-refractivity contribution in [3.63, 3.8) is 0 Å². The summed E-state index contributed by atoms with van der Waals surface area (Å²) < 4.78 is 5.29. The Morgan fingerprint density at radius 2 is 1.84 bits per heavy atom. The van der Waals surface area contributed by atoms with Crippen molar-refractivity contribution in [1.29, 1.82) is 5.26 Å². The Morgan fingerprint density at radius 3 is 2.52 bits per heavy atom. The average Bonchev–Trinajstić information content (AvgIpc) is 2.61. The molecule has 2 N–H and O–H groups in total. The summed E-state index contributed by atoms with van der Waals surface area (Å²) in [6.45, 7) is 4.08. The summed E-state index contributed by atoms with van der Waals surface area (Å²) in [5.41, 5.74) is 12.2. The summed E-state index contributed by atoms with van der Waals surface area (Å²) in [4.78, 5) is 4.42. The van der Waals surface area contributed by atoms with Gasteiger partial charge in [-0.25, -0.2) is 4.98 Å². The quantitative estimate of drug-likeness (QED) is 0.768. The third-order valence-electron chi connectivity index (χ3n) is 4.20. The summed E-state index contributed by atoms with van der Waals surface area (Å²) in [6.07, 6.45) is 0. The van der Waals surface area contributed by atoms with E-state index in [2.05, 4.69) is 17.1 Å². The van der Waals surface area contributed by atoms with Crippen LogP contribution in [-0.4, -0.2) is 12.1 Å². The molecule has 2 aromatic carbocycles. The van der Waals surface area contributed by atoms with Crippen LogP contribution in [0, 0.1) is 25.2 Å². The molecule has 4 nitrogen and oxygen atoms in total. The van der Waals surface area contributed by atoms with Crippen molar-refractivity contribution < 1.29 is 4.74 Å². The first-order valence-electron chi connectivity index (χ1n) is 7.96. The van der Waals surface area contributed by atoms with E-state index in [4.69, 9.17) is 10.5 Å². The van der Waals surface area contributed by atoms with Gasteiger partial charge in [0.25, 0.3) is 0 Å². The average molecular weight is 329 g/mol. The molecule has 0 fully saturated rings. The third kappa shape index (κ3) is 3.17. The molecule has 3 rings (SSSR count). The molecule has 0 aliphatic carbocycles. The maximum Gasteiger partial charge on any atom is 0.142 e. The molecule has 0 aliphatic rings. The van der Waals surface area contributed by atoms with E-state index >= 15 is 0 Å². The highest BCUT2D eigenvalue weighted by atomic mass is 16.5. The van der Waals surface area contributed by atoms with E-state index in [1.54, 1.807) is 7.11 Å². The number of nitrogens with zero attached hydrogens (tertiary/aromatic N) is 2. The fourth-order valence-corrected chi connectivity index (χ4v) is 2.94. The lowest BCUT2D eigenvalue weighted by molar-refractivity contribution is 0.415. The Hall–Kier alpha value is -3.32. The summed E-state index contributed by atoms with van der Waals surface area (Å²) in [5, 5.41) is 9.56. The van der Waals surface area contributed by atoms with Crippen molar-refractivity contribution in [1.82, 2.24) is 4.98 Å². The number of anilines is 1. The molecule has 4 heteroatoms. The first-order valence-corrected chi connectivity index (χ1v) is 7.96. The highest BCUT2D eigenvalue weighted by Gasteiger charge is 2.15. The number of hydrogen-bond donors (Lipinski definition) is 1. The van der Waals surface area contributed by atoms with Crippen LogP contribution in [0.15, 0.2) is 48.5 Å². The van der Waals surface area contributed by atoms with Crippen molar-refractivity contribution in [3.8, 4) is 34.2 Å². The highest BCUT2D eigenvalue weighted by molar-refractivity contribution is 5.81. The number of nitrogen functional groups attached to an aromatic ring is 1. The minimum Gasteiger partial charge on any atom is -0.497 e. The molecule has 0 saturated heterocycles. The Labute approximate surface area is 147 Å². The second kappa shape index (κ2) is 6.66. The molecule has 124 valence electrons. The Bertz CT molecular complexity index is 987. The van der Waals surface area contributed by atoms with Crippen molar-refractivity contribution in [2.45, 2.75) is 13.8 Å². The summed E-state index contributed by atoms with van der Waals surface area (Å²) in [5.74, 6) is 0.980. The Morgan fingerprint density at radius 1 is 1.04 bits per heavy atom. The van der Waals surface area contributed by atoms with Gasteiger partial charge in [0.05, 0.1) is 12.8 Å². The lowest BCUT2D eigenvalue weighted by Gasteiger charge is -2.13. The maximum absolute atomic E-state index is 9.56. The zero-order valence-electron chi connectivity index (χ0n) is 14.5. The van der Waals surface area contributed by atoms with Gasteiger partial charge in [0, 0.05) is 11.1 Å². The third-order valence-corrected chi connectivity index (χ3v) is 4.20. The topological polar surface area (TPSA) is 71.9 Å². The lowest BCUT2D eigenvalue weighted by atomic mass is 9.94. The van der Waals surface area contributed by atoms with Crippen LogP contribution in [-0.2, 0) is 0 Å². The standard InChI is InChI=1S/C21H19N3O/c1-13-7-8-17(14(2)9-13)18-11-20(24-21(23)19(18)12-22)15-5-4-6-16(10-15)25-3/h4-11H,1-3H3,(H2,23,24). The molecule has 0 saturated carbocycles. The van der Waals surface area contributed by atoms with Crippen LogP contribution in [0.5, 0.6) is 5.75 Å². The normalized spacial score (nSPS) is 10.3. The van der Waals surface area contributed by atoms with Gasteiger partial charge in [-0.1, -0.05) is 35.9 Å². The minimum absolute atomic E-state index is 0.234. The van der Waals surface area contributed by atoms with E-state index in [1.165, 1.54) is 5.56 Å². The number of ether oxygens (including phenoxy) is 1. The van der Waals surface area contributed by atoms with Crippen LogP contribution < -0.4 is 10.5 Å². The molecule has 0 atom stereocenters. The van der Waals surface area contributed by atoms with Crippen LogP contribution in [0.3, 0.4) is 0 Å². The van der Waals surface area contributed by atoms with Crippen LogP contribution in [0.2, 0.25) is 0 Å². The fourth-order valence-electron chi connectivity index (χ4n) is 2.94. The fraction of sp³-hybridized carbons (Fsp3) is 0.143. The summed E-state index contributed by atoms with van der Waals surface area (Å²) in [7, 11) is 1.63. The van der Waals surface area contributed by atoms with E-state index < -0.39 is 0 Å². The Kier molecular flexibility index (Phi) is 4.40. The molecule has 0 spiro atoms. The van der Waals surface area contributed by atoms with Gasteiger partial charge in [-0.3, -0.25) is 0 Å². The van der Waals surface area contributed by atoms with Gasteiger partial charge in [-0.2, -0.15) is 5.26 Å². The van der Waals surface area contributed by atoms with Crippen LogP contribution in [0.1, 0.15) is 16.7 Å². The van der Waals surface area contributed by atoms with E-state index in [0.717, 1.165) is 28.0 Å². The van der Waals surface area contributed by atoms with Gasteiger partial charge in [0.15, 0.2) is 0 Å². The van der Waals surface area contributed by atoms with Crippen molar-refractivity contribution in [3.05, 3.63) is 65.2 Å². The van der Waals surface area contributed by atoms with E-state index in [0.29, 0.717) is 11.3 Å². The van der Waals surface area contributed by atoms with Crippen molar-refractivity contribution >= 4 is 5.82 Å². The van der Waals surface area contributed by atoms with Crippen LogP contribution >= 0.6 is 0 Å². The molecule has 1 heterocycles. The Balaban J connectivity index is 2.24.